The number of ether oxygens (including phenoxy) is 3. The first-order valence-corrected chi connectivity index (χ1v) is 8.45. The number of nitrogens with one attached hydrogen (secondary N) is 1. The zero-order valence-electron chi connectivity index (χ0n) is 15.4. The molecule has 0 saturated carbocycles. The second kappa shape index (κ2) is 7.86. The van der Waals surface area contributed by atoms with Crippen LogP contribution in [0.25, 0.3) is 16.7 Å². The number of esters is 1. The number of benzene rings is 1. The fourth-order valence-corrected chi connectivity index (χ4v) is 2.54. The van der Waals surface area contributed by atoms with Crippen molar-refractivity contribution in [1.29, 1.82) is 0 Å². The average Bonchev–Trinajstić information content (AvgIpc) is 3.02. The SMILES string of the molecule is CCOc1nc2[nH]c(OC(C)=O)cc2c(=O)n1-c1ccc(OCC(F)(F)F)cc1. The summed E-state index contributed by atoms with van der Waals surface area (Å²) in [5.74, 6) is -0.533. The molecule has 3 aromatic rings. The van der Waals surface area contributed by atoms with Crippen LogP contribution < -0.4 is 19.8 Å². The largest absolute Gasteiger partial charge is 0.484 e. The van der Waals surface area contributed by atoms with Gasteiger partial charge in [-0.2, -0.15) is 18.2 Å². The molecule has 2 aromatic heterocycles. The highest BCUT2D eigenvalue weighted by Crippen LogP contribution is 2.24. The molecule has 0 saturated heterocycles. The molecular weight excluding hydrogens is 395 g/mol. The molecule has 0 bridgehead atoms. The van der Waals surface area contributed by atoms with E-state index in [1.54, 1.807) is 6.92 Å². The fraction of sp³-hybridized carbons (Fsp3) is 0.278. The Labute approximate surface area is 161 Å². The number of fused-ring (bicyclic) bond motifs is 1. The van der Waals surface area contributed by atoms with Crippen molar-refractivity contribution in [3.63, 3.8) is 0 Å². The van der Waals surface area contributed by atoms with Crippen LogP contribution in [0.5, 0.6) is 17.6 Å². The minimum atomic E-state index is -4.46. The Morgan fingerprint density at radius 1 is 1.21 bits per heavy atom. The number of nitrogens with zero attached hydrogens (tertiary/aromatic N) is 2. The lowest BCUT2D eigenvalue weighted by atomic mass is 10.3. The van der Waals surface area contributed by atoms with E-state index in [9.17, 15) is 22.8 Å². The summed E-state index contributed by atoms with van der Waals surface area (Å²) in [4.78, 5) is 31.0. The highest BCUT2D eigenvalue weighted by Gasteiger charge is 2.28. The molecular formula is C18H16F3N3O5. The van der Waals surface area contributed by atoms with Gasteiger partial charge in [-0.25, -0.2) is 4.57 Å². The Hall–Kier alpha value is -3.50. The molecule has 2 heterocycles. The van der Waals surface area contributed by atoms with Gasteiger partial charge in [0.1, 0.15) is 5.75 Å². The molecule has 11 heteroatoms. The van der Waals surface area contributed by atoms with Gasteiger partial charge in [-0.3, -0.25) is 9.59 Å². The van der Waals surface area contributed by atoms with E-state index in [0.29, 0.717) is 5.69 Å². The van der Waals surface area contributed by atoms with Gasteiger partial charge >= 0.3 is 18.2 Å². The first-order valence-electron chi connectivity index (χ1n) is 8.45. The number of halogens is 3. The van der Waals surface area contributed by atoms with Crippen molar-refractivity contribution in [1.82, 2.24) is 14.5 Å². The standard InChI is InChI=1S/C18H16F3N3O5/c1-3-27-17-23-15-13(8-14(22-15)29-10(2)25)16(26)24(17)11-4-6-12(7-5-11)28-9-18(19,20)21/h4-8,22H,3,9H2,1-2H3. The lowest BCUT2D eigenvalue weighted by Gasteiger charge is -2.13. The Kier molecular flexibility index (Phi) is 5.48. The normalized spacial score (nSPS) is 11.5. The van der Waals surface area contributed by atoms with Gasteiger partial charge in [0.25, 0.3) is 5.56 Å². The second-order valence-electron chi connectivity index (χ2n) is 5.86. The molecule has 154 valence electrons. The Balaban J connectivity index is 2.02. The summed E-state index contributed by atoms with van der Waals surface area (Å²) >= 11 is 0. The molecule has 0 amide bonds. The van der Waals surface area contributed by atoms with Crippen molar-refractivity contribution in [2.75, 3.05) is 13.2 Å². The third-order valence-corrected chi connectivity index (χ3v) is 3.63. The summed E-state index contributed by atoms with van der Waals surface area (Å²) in [6.07, 6.45) is -4.46. The number of carbonyl (C=O) groups excluding carboxylic acids is 1. The molecule has 0 aliphatic rings. The van der Waals surface area contributed by atoms with Crippen molar-refractivity contribution in [3.05, 3.63) is 40.7 Å². The van der Waals surface area contributed by atoms with E-state index >= 15 is 0 Å². The molecule has 29 heavy (non-hydrogen) atoms. The Morgan fingerprint density at radius 2 is 1.90 bits per heavy atom. The molecule has 1 N–H and O–H groups in total. The predicted molar refractivity (Wildman–Crippen MR) is 95.7 cm³/mol. The predicted octanol–water partition coefficient (Wildman–Crippen LogP) is 2.98. The van der Waals surface area contributed by atoms with Crippen LogP contribution in [0.1, 0.15) is 13.8 Å². The van der Waals surface area contributed by atoms with Crippen LogP contribution in [0.2, 0.25) is 0 Å². The van der Waals surface area contributed by atoms with Gasteiger partial charge in [-0.05, 0) is 31.2 Å². The highest BCUT2D eigenvalue weighted by molar-refractivity contribution is 5.79. The molecule has 0 aliphatic carbocycles. The molecule has 0 unspecified atom stereocenters. The molecule has 0 atom stereocenters. The zero-order valence-corrected chi connectivity index (χ0v) is 15.4. The summed E-state index contributed by atoms with van der Waals surface area (Å²) in [7, 11) is 0. The van der Waals surface area contributed by atoms with Gasteiger partial charge in [0.15, 0.2) is 12.3 Å². The van der Waals surface area contributed by atoms with Crippen molar-refractivity contribution in [3.8, 4) is 23.3 Å². The molecule has 0 spiro atoms. The lowest BCUT2D eigenvalue weighted by Crippen LogP contribution is -2.22. The second-order valence-corrected chi connectivity index (χ2v) is 5.86. The number of hydrogen-bond donors (Lipinski definition) is 1. The average molecular weight is 411 g/mol. The molecule has 0 fully saturated rings. The van der Waals surface area contributed by atoms with Gasteiger partial charge in [0, 0.05) is 13.0 Å². The monoisotopic (exact) mass is 411 g/mol. The topological polar surface area (TPSA) is 95.4 Å². The van der Waals surface area contributed by atoms with E-state index in [0.717, 1.165) is 4.57 Å². The van der Waals surface area contributed by atoms with Gasteiger partial charge < -0.3 is 19.2 Å². The summed E-state index contributed by atoms with van der Waals surface area (Å²) < 4.78 is 53.0. The van der Waals surface area contributed by atoms with Crippen LogP contribution in [0.15, 0.2) is 35.1 Å². The fourth-order valence-electron chi connectivity index (χ4n) is 2.54. The Morgan fingerprint density at radius 3 is 2.48 bits per heavy atom. The molecule has 0 radical (unpaired) electrons. The van der Waals surface area contributed by atoms with Crippen molar-refractivity contribution in [2.24, 2.45) is 0 Å². The Bertz CT molecular complexity index is 1090. The van der Waals surface area contributed by atoms with Gasteiger partial charge in [0.05, 0.1) is 17.7 Å². The van der Waals surface area contributed by atoms with Crippen LogP contribution in [-0.4, -0.2) is 39.9 Å². The van der Waals surface area contributed by atoms with Crippen molar-refractivity contribution < 1.29 is 32.2 Å². The number of rotatable bonds is 6. The van der Waals surface area contributed by atoms with Crippen LogP contribution in [0.3, 0.4) is 0 Å². The summed E-state index contributed by atoms with van der Waals surface area (Å²) in [6, 6.07) is 6.71. The zero-order chi connectivity index (χ0) is 21.2. The third kappa shape index (κ3) is 4.68. The van der Waals surface area contributed by atoms with E-state index < -0.39 is 24.3 Å². The maximum Gasteiger partial charge on any atom is 0.422 e. The van der Waals surface area contributed by atoms with Gasteiger partial charge in [-0.15, -0.1) is 0 Å². The maximum absolute atomic E-state index is 13.0. The van der Waals surface area contributed by atoms with Gasteiger partial charge in [-0.1, -0.05) is 0 Å². The van der Waals surface area contributed by atoms with Crippen molar-refractivity contribution >= 4 is 17.0 Å². The summed E-state index contributed by atoms with van der Waals surface area (Å²) in [5.41, 5.74) is -0.0458. The molecule has 3 rings (SSSR count). The number of hydrogen-bond acceptors (Lipinski definition) is 6. The maximum atomic E-state index is 13.0. The van der Waals surface area contributed by atoms with Crippen LogP contribution in [0.4, 0.5) is 13.2 Å². The van der Waals surface area contributed by atoms with Crippen LogP contribution in [-0.2, 0) is 4.79 Å². The number of carbonyl (C=O) groups is 1. The molecule has 8 nitrogen and oxygen atoms in total. The van der Waals surface area contributed by atoms with E-state index in [1.165, 1.54) is 37.3 Å². The van der Waals surface area contributed by atoms with Crippen molar-refractivity contribution in [2.45, 2.75) is 20.0 Å². The summed E-state index contributed by atoms with van der Waals surface area (Å²) in [5, 5.41) is 0.141. The van der Waals surface area contributed by atoms with Gasteiger partial charge in [0.2, 0.25) is 5.88 Å². The molecule has 0 aliphatic heterocycles. The quantitative estimate of drug-likeness (QED) is 0.627. The first-order chi connectivity index (χ1) is 13.7. The van der Waals surface area contributed by atoms with Crippen LogP contribution in [0, 0.1) is 0 Å². The number of H-pyrrole nitrogens is 1. The third-order valence-electron chi connectivity index (χ3n) is 3.63. The smallest absolute Gasteiger partial charge is 0.422 e. The summed E-state index contributed by atoms with van der Waals surface area (Å²) in [6.45, 7) is 1.70. The minimum absolute atomic E-state index is 0.00934. The van der Waals surface area contributed by atoms with E-state index in [1.807, 2.05) is 0 Å². The lowest BCUT2D eigenvalue weighted by molar-refractivity contribution is -0.153. The number of alkyl halides is 3. The highest BCUT2D eigenvalue weighted by atomic mass is 19.4. The number of aromatic nitrogens is 3. The molecule has 1 aromatic carbocycles. The first kappa shape index (κ1) is 20.2. The number of aromatic amines is 1. The minimum Gasteiger partial charge on any atom is -0.484 e. The van der Waals surface area contributed by atoms with E-state index in [4.69, 9.17) is 9.47 Å². The van der Waals surface area contributed by atoms with Crippen LogP contribution >= 0.6 is 0 Å². The van der Waals surface area contributed by atoms with E-state index in [2.05, 4.69) is 14.7 Å². The van der Waals surface area contributed by atoms with E-state index in [-0.39, 0.29) is 35.3 Å².